The van der Waals surface area contributed by atoms with Crippen molar-refractivity contribution >= 4 is 11.6 Å². The molecule has 0 saturated carbocycles. The molecule has 2 rings (SSSR count). The Bertz CT molecular complexity index is 597. The predicted octanol–water partition coefficient (Wildman–Crippen LogP) is 3.67. The Morgan fingerprint density at radius 1 is 1.00 bits per heavy atom. The van der Waals surface area contributed by atoms with Crippen LogP contribution in [0.15, 0.2) is 42.5 Å². The largest absolute Gasteiger partial charge is 0.381 e. The molecular weight excluding hydrogens is 260 g/mol. The molecule has 0 aromatic heterocycles. The molecule has 0 heterocycles. The van der Waals surface area contributed by atoms with Gasteiger partial charge in [-0.2, -0.15) is 0 Å². The van der Waals surface area contributed by atoms with Gasteiger partial charge in [-0.25, -0.2) is 0 Å². The number of nitrogens with one attached hydrogen (secondary N) is 2. The van der Waals surface area contributed by atoms with E-state index in [0.29, 0.717) is 12.1 Å². The first-order valence-corrected chi connectivity index (χ1v) is 7.28. The van der Waals surface area contributed by atoms with Gasteiger partial charge in [0.15, 0.2) is 0 Å². The smallest absolute Gasteiger partial charge is 0.251 e. The molecule has 0 spiro atoms. The van der Waals surface area contributed by atoms with E-state index in [0.717, 1.165) is 12.2 Å². The van der Waals surface area contributed by atoms with Crippen LogP contribution in [-0.4, -0.2) is 12.5 Å². The fraction of sp³-hybridized carbons (Fsp3) is 0.278. The molecule has 0 saturated heterocycles. The van der Waals surface area contributed by atoms with Crippen LogP contribution in [-0.2, 0) is 6.54 Å². The van der Waals surface area contributed by atoms with Crippen molar-refractivity contribution in [2.75, 3.05) is 11.9 Å². The highest BCUT2D eigenvalue weighted by Gasteiger charge is 2.03. The van der Waals surface area contributed by atoms with Crippen molar-refractivity contribution in [1.29, 1.82) is 0 Å². The summed E-state index contributed by atoms with van der Waals surface area (Å²) in [5.41, 5.74) is 5.52. The second kappa shape index (κ2) is 6.93. The normalized spacial score (nSPS) is 10.2. The van der Waals surface area contributed by atoms with E-state index >= 15 is 0 Å². The minimum Gasteiger partial charge on any atom is -0.381 e. The third-order valence-corrected chi connectivity index (χ3v) is 3.26. The molecule has 0 aliphatic rings. The number of amides is 1. The highest BCUT2D eigenvalue weighted by Crippen LogP contribution is 2.13. The van der Waals surface area contributed by atoms with Crippen LogP contribution in [0.2, 0.25) is 0 Å². The monoisotopic (exact) mass is 282 g/mol. The number of aryl methyl sites for hydroxylation is 2. The summed E-state index contributed by atoms with van der Waals surface area (Å²) in [5, 5.41) is 6.17. The van der Waals surface area contributed by atoms with Gasteiger partial charge in [0.1, 0.15) is 0 Å². The molecule has 0 bridgehead atoms. The van der Waals surface area contributed by atoms with Crippen molar-refractivity contribution in [2.45, 2.75) is 27.3 Å². The molecule has 0 radical (unpaired) electrons. The summed E-state index contributed by atoms with van der Waals surface area (Å²) in [6.45, 7) is 7.56. The lowest BCUT2D eigenvalue weighted by atomic mass is 10.1. The lowest BCUT2D eigenvalue weighted by molar-refractivity contribution is 0.0956. The van der Waals surface area contributed by atoms with E-state index in [1.807, 2.05) is 31.2 Å². The standard InChI is InChI=1S/C18H22N2O/c1-4-19-18(21)16-5-7-17(8-6-16)20-12-15-10-13(2)9-14(3)11-15/h5-11,20H,4,12H2,1-3H3,(H,19,21). The van der Waals surface area contributed by atoms with Crippen LogP contribution in [0.4, 0.5) is 5.69 Å². The molecule has 110 valence electrons. The zero-order valence-electron chi connectivity index (χ0n) is 12.9. The lowest BCUT2D eigenvalue weighted by Gasteiger charge is -2.09. The van der Waals surface area contributed by atoms with Gasteiger partial charge in [-0.1, -0.05) is 29.3 Å². The molecule has 1 amide bonds. The fourth-order valence-electron chi connectivity index (χ4n) is 2.38. The average molecular weight is 282 g/mol. The number of carbonyl (C=O) groups excluding carboxylic acids is 1. The van der Waals surface area contributed by atoms with E-state index < -0.39 is 0 Å². The number of benzene rings is 2. The Labute approximate surface area is 126 Å². The molecular formula is C18H22N2O. The molecule has 0 atom stereocenters. The molecule has 0 aliphatic carbocycles. The zero-order chi connectivity index (χ0) is 15.2. The van der Waals surface area contributed by atoms with E-state index in [2.05, 4.69) is 42.7 Å². The minimum atomic E-state index is -0.0293. The number of hydrogen-bond acceptors (Lipinski definition) is 2. The highest BCUT2D eigenvalue weighted by molar-refractivity contribution is 5.94. The van der Waals surface area contributed by atoms with Gasteiger partial charge in [0.05, 0.1) is 0 Å². The maximum Gasteiger partial charge on any atom is 0.251 e. The van der Waals surface area contributed by atoms with E-state index in [1.54, 1.807) is 0 Å². The first kappa shape index (κ1) is 15.1. The van der Waals surface area contributed by atoms with Crippen LogP contribution in [0.25, 0.3) is 0 Å². The molecule has 2 aromatic carbocycles. The van der Waals surface area contributed by atoms with Crippen LogP contribution < -0.4 is 10.6 Å². The third-order valence-electron chi connectivity index (χ3n) is 3.26. The number of rotatable bonds is 5. The van der Waals surface area contributed by atoms with Crippen LogP contribution in [0, 0.1) is 13.8 Å². The Hall–Kier alpha value is -2.29. The molecule has 3 nitrogen and oxygen atoms in total. The SMILES string of the molecule is CCNC(=O)c1ccc(NCc2cc(C)cc(C)c2)cc1. The molecule has 2 N–H and O–H groups in total. The van der Waals surface area contributed by atoms with E-state index in [1.165, 1.54) is 16.7 Å². The fourth-order valence-corrected chi connectivity index (χ4v) is 2.38. The summed E-state index contributed by atoms with van der Waals surface area (Å²) in [7, 11) is 0. The van der Waals surface area contributed by atoms with Crippen molar-refractivity contribution in [3.05, 3.63) is 64.7 Å². The Balaban J connectivity index is 1.99. The van der Waals surface area contributed by atoms with E-state index in [4.69, 9.17) is 0 Å². The van der Waals surface area contributed by atoms with Gasteiger partial charge in [0.2, 0.25) is 0 Å². The molecule has 2 aromatic rings. The van der Waals surface area contributed by atoms with Crippen molar-refractivity contribution in [3.63, 3.8) is 0 Å². The summed E-state index contributed by atoms with van der Waals surface area (Å²) in [6, 6.07) is 14.1. The molecule has 21 heavy (non-hydrogen) atoms. The van der Waals surface area contributed by atoms with Crippen LogP contribution >= 0.6 is 0 Å². The Morgan fingerprint density at radius 2 is 1.62 bits per heavy atom. The molecule has 0 unspecified atom stereocenters. The first-order chi connectivity index (χ1) is 10.1. The van der Waals surface area contributed by atoms with Crippen molar-refractivity contribution in [2.24, 2.45) is 0 Å². The quantitative estimate of drug-likeness (QED) is 0.878. The second-order valence-electron chi connectivity index (χ2n) is 5.29. The van der Waals surface area contributed by atoms with Crippen LogP contribution in [0.3, 0.4) is 0 Å². The maximum atomic E-state index is 11.7. The van der Waals surface area contributed by atoms with Gasteiger partial charge >= 0.3 is 0 Å². The number of carbonyl (C=O) groups is 1. The summed E-state index contributed by atoms with van der Waals surface area (Å²) < 4.78 is 0. The second-order valence-corrected chi connectivity index (χ2v) is 5.29. The van der Waals surface area contributed by atoms with Gasteiger partial charge in [-0.15, -0.1) is 0 Å². The number of hydrogen-bond donors (Lipinski definition) is 2. The summed E-state index contributed by atoms with van der Waals surface area (Å²) in [4.78, 5) is 11.7. The van der Waals surface area contributed by atoms with Crippen molar-refractivity contribution in [3.8, 4) is 0 Å². The molecule has 0 aliphatic heterocycles. The van der Waals surface area contributed by atoms with Gasteiger partial charge in [-0.3, -0.25) is 4.79 Å². The van der Waals surface area contributed by atoms with Crippen molar-refractivity contribution in [1.82, 2.24) is 5.32 Å². The highest BCUT2D eigenvalue weighted by atomic mass is 16.1. The van der Waals surface area contributed by atoms with Gasteiger partial charge < -0.3 is 10.6 Å². The molecule has 3 heteroatoms. The van der Waals surface area contributed by atoms with Gasteiger partial charge in [-0.05, 0) is 50.6 Å². The topological polar surface area (TPSA) is 41.1 Å². The Morgan fingerprint density at radius 3 is 2.19 bits per heavy atom. The maximum absolute atomic E-state index is 11.7. The van der Waals surface area contributed by atoms with Crippen LogP contribution in [0.1, 0.15) is 34.0 Å². The van der Waals surface area contributed by atoms with E-state index in [-0.39, 0.29) is 5.91 Å². The zero-order valence-corrected chi connectivity index (χ0v) is 12.9. The van der Waals surface area contributed by atoms with E-state index in [9.17, 15) is 4.79 Å². The molecule has 0 fully saturated rings. The summed E-state index contributed by atoms with van der Waals surface area (Å²) >= 11 is 0. The average Bonchev–Trinajstić information content (AvgIpc) is 2.45. The minimum absolute atomic E-state index is 0.0293. The lowest BCUT2D eigenvalue weighted by Crippen LogP contribution is -2.22. The van der Waals surface area contributed by atoms with Gasteiger partial charge in [0, 0.05) is 24.3 Å². The Kier molecular flexibility index (Phi) is 4.99. The predicted molar refractivity (Wildman–Crippen MR) is 87.7 cm³/mol. The first-order valence-electron chi connectivity index (χ1n) is 7.28. The van der Waals surface area contributed by atoms with Gasteiger partial charge in [0.25, 0.3) is 5.91 Å². The summed E-state index contributed by atoms with van der Waals surface area (Å²) in [6.07, 6.45) is 0. The van der Waals surface area contributed by atoms with Crippen molar-refractivity contribution < 1.29 is 4.79 Å². The third kappa shape index (κ3) is 4.35. The van der Waals surface area contributed by atoms with Crippen LogP contribution in [0.5, 0.6) is 0 Å². The summed E-state index contributed by atoms with van der Waals surface area (Å²) in [5.74, 6) is -0.0293. The number of anilines is 1.